The van der Waals surface area contributed by atoms with E-state index in [1.165, 1.54) is 12.1 Å². The summed E-state index contributed by atoms with van der Waals surface area (Å²) in [6, 6.07) is 14.0. The zero-order valence-corrected chi connectivity index (χ0v) is 12.1. The Morgan fingerprint density at radius 3 is 2.41 bits per heavy atom. The fourth-order valence-corrected chi connectivity index (χ4v) is 2.31. The highest BCUT2D eigenvalue weighted by Crippen LogP contribution is 2.23. The van der Waals surface area contributed by atoms with E-state index in [1.807, 2.05) is 29.2 Å². The van der Waals surface area contributed by atoms with Gasteiger partial charge in [-0.05, 0) is 35.9 Å². The molecule has 0 radical (unpaired) electrons. The summed E-state index contributed by atoms with van der Waals surface area (Å²) in [7, 11) is 0. The molecular weight excluding hydrogens is 277 g/mol. The molecule has 0 atom stereocenters. The standard InChI is InChI=1S/C19H16FNO/c1-14(21-12-19(22)13-21)17-9-7-15(8-10-17)5-6-16-3-2-4-18(20)11-16/h2-4,7-11,19,22H,1,12-13H2. The summed E-state index contributed by atoms with van der Waals surface area (Å²) in [5, 5.41) is 9.33. The van der Waals surface area contributed by atoms with Crippen molar-refractivity contribution in [1.82, 2.24) is 4.90 Å². The first-order chi connectivity index (χ1) is 10.6. The minimum absolute atomic E-state index is 0.242. The first-order valence-corrected chi connectivity index (χ1v) is 7.12. The highest BCUT2D eigenvalue weighted by Gasteiger charge is 2.25. The van der Waals surface area contributed by atoms with E-state index in [0.717, 1.165) is 16.8 Å². The number of likely N-dealkylation sites (tertiary alicyclic amines) is 1. The zero-order valence-electron chi connectivity index (χ0n) is 12.1. The van der Waals surface area contributed by atoms with Gasteiger partial charge in [-0.25, -0.2) is 4.39 Å². The van der Waals surface area contributed by atoms with Gasteiger partial charge in [0.1, 0.15) is 5.82 Å². The van der Waals surface area contributed by atoms with Crippen molar-refractivity contribution in [3.05, 3.63) is 77.6 Å². The molecule has 1 fully saturated rings. The molecule has 0 aliphatic carbocycles. The molecule has 1 saturated heterocycles. The number of aliphatic hydroxyl groups excluding tert-OH is 1. The summed E-state index contributed by atoms with van der Waals surface area (Å²) >= 11 is 0. The quantitative estimate of drug-likeness (QED) is 0.861. The second-order valence-corrected chi connectivity index (χ2v) is 5.34. The van der Waals surface area contributed by atoms with Crippen LogP contribution in [-0.4, -0.2) is 29.2 Å². The van der Waals surface area contributed by atoms with Gasteiger partial charge in [-0.2, -0.15) is 0 Å². The maximum atomic E-state index is 13.1. The summed E-state index contributed by atoms with van der Waals surface area (Å²) in [6.45, 7) is 5.33. The molecule has 1 heterocycles. The molecule has 22 heavy (non-hydrogen) atoms. The van der Waals surface area contributed by atoms with Gasteiger partial charge in [0.2, 0.25) is 0 Å². The van der Waals surface area contributed by atoms with Gasteiger partial charge in [0.05, 0.1) is 6.10 Å². The van der Waals surface area contributed by atoms with Crippen molar-refractivity contribution in [3.63, 3.8) is 0 Å². The molecular formula is C19H16FNO. The maximum Gasteiger partial charge on any atom is 0.124 e. The lowest BCUT2D eigenvalue weighted by atomic mass is 10.0. The lowest BCUT2D eigenvalue weighted by molar-refractivity contribution is 0.0404. The molecule has 1 aliphatic heterocycles. The normalized spacial score (nSPS) is 14.0. The molecule has 0 saturated carbocycles. The first-order valence-electron chi connectivity index (χ1n) is 7.12. The number of β-amino-alcohol motifs (C(OH)–C–C–N with tert-alkyl or cyclic N) is 1. The van der Waals surface area contributed by atoms with Crippen molar-refractivity contribution in [3.8, 4) is 11.8 Å². The first kappa shape index (κ1) is 14.4. The van der Waals surface area contributed by atoms with Crippen molar-refractivity contribution >= 4 is 5.70 Å². The van der Waals surface area contributed by atoms with Crippen LogP contribution in [0.1, 0.15) is 16.7 Å². The Hall–Kier alpha value is -2.57. The van der Waals surface area contributed by atoms with Gasteiger partial charge in [0.25, 0.3) is 0 Å². The molecule has 0 aromatic heterocycles. The molecule has 0 spiro atoms. The second kappa shape index (κ2) is 6.05. The smallest absolute Gasteiger partial charge is 0.124 e. The van der Waals surface area contributed by atoms with Gasteiger partial charge in [0, 0.05) is 29.9 Å². The zero-order chi connectivity index (χ0) is 15.5. The highest BCUT2D eigenvalue weighted by atomic mass is 19.1. The summed E-state index contributed by atoms with van der Waals surface area (Å²) in [5.41, 5.74) is 3.45. The molecule has 3 rings (SSSR count). The third-order valence-electron chi connectivity index (χ3n) is 3.64. The van der Waals surface area contributed by atoms with E-state index >= 15 is 0 Å². The molecule has 0 amide bonds. The fourth-order valence-electron chi connectivity index (χ4n) is 2.31. The van der Waals surface area contributed by atoms with Crippen LogP contribution in [0.25, 0.3) is 5.70 Å². The number of halogens is 1. The van der Waals surface area contributed by atoms with Crippen molar-refractivity contribution in [1.29, 1.82) is 0 Å². The van der Waals surface area contributed by atoms with E-state index in [2.05, 4.69) is 18.4 Å². The van der Waals surface area contributed by atoms with Crippen LogP contribution in [-0.2, 0) is 0 Å². The van der Waals surface area contributed by atoms with E-state index in [1.54, 1.807) is 12.1 Å². The molecule has 2 nitrogen and oxygen atoms in total. The molecule has 0 bridgehead atoms. The van der Waals surface area contributed by atoms with E-state index in [0.29, 0.717) is 18.7 Å². The Balaban J connectivity index is 1.71. The van der Waals surface area contributed by atoms with E-state index in [9.17, 15) is 9.50 Å². The minimum Gasteiger partial charge on any atom is -0.389 e. The summed E-state index contributed by atoms with van der Waals surface area (Å²) in [6.07, 6.45) is -0.242. The molecule has 3 heteroatoms. The van der Waals surface area contributed by atoms with Crippen LogP contribution in [0.3, 0.4) is 0 Å². The number of aliphatic hydroxyl groups is 1. The van der Waals surface area contributed by atoms with Gasteiger partial charge >= 0.3 is 0 Å². The fraction of sp³-hybridized carbons (Fsp3) is 0.158. The van der Waals surface area contributed by atoms with Crippen LogP contribution in [0.15, 0.2) is 55.1 Å². The molecule has 2 aromatic carbocycles. The predicted octanol–water partition coefficient (Wildman–Crippen LogP) is 2.87. The van der Waals surface area contributed by atoms with E-state index in [-0.39, 0.29) is 11.9 Å². The SMILES string of the molecule is C=C(c1ccc(C#Cc2cccc(F)c2)cc1)N1CC(O)C1. The van der Waals surface area contributed by atoms with E-state index in [4.69, 9.17) is 0 Å². The number of nitrogens with zero attached hydrogens (tertiary/aromatic N) is 1. The minimum atomic E-state index is -0.282. The van der Waals surface area contributed by atoms with Gasteiger partial charge in [-0.1, -0.05) is 36.6 Å². The van der Waals surface area contributed by atoms with Crippen molar-refractivity contribution in [2.24, 2.45) is 0 Å². The van der Waals surface area contributed by atoms with Crippen LogP contribution in [0.2, 0.25) is 0 Å². The van der Waals surface area contributed by atoms with Gasteiger partial charge < -0.3 is 10.0 Å². The summed E-state index contributed by atoms with van der Waals surface area (Å²) in [5.74, 6) is 5.68. The van der Waals surface area contributed by atoms with Crippen LogP contribution in [0, 0.1) is 17.7 Å². The Kier molecular flexibility index (Phi) is 3.95. The Bertz CT molecular complexity index is 749. The van der Waals surface area contributed by atoms with Crippen LogP contribution in [0.4, 0.5) is 4.39 Å². The lowest BCUT2D eigenvalue weighted by Crippen LogP contribution is -2.48. The van der Waals surface area contributed by atoms with Crippen molar-refractivity contribution in [2.75, 3.05) is 13.1 Å². The lowest BCUT2D eigenvalue weighted by Gasteiger charge is -2.39. The Morgan fingerprint density at radius 1 is 1.09 bits per heavy atom. The Morgan fingerprint density at radius 2 is 1.77 bits per heavy atom. The average Bonchev–Trinajstić information content (AvgIpc) is 2.50. The Labute approximate surface area is 129 Å². The highest BCUT2D eigenvalue weighted by molar-refractivity contribution is 5.63. The van der Waals surface area contributed by atoms with Gasteiger partial charge in [-0.3, -0.25) is 0 Å². The topological polar surface area (TPSA) is 23.5 Å². The summed E-state index contributed by atoms with van der Waals surface area (Å²) < 4.78 is 13.1. The number of rotatable bonds is 2. The van der Waals surface area contributed by atoms with Gasteiger partial charge in [-0.15, -0.1) is 0 Å². The molecule has 1 N–H and O–H groups in total. The monoisotopic (exact) mass is 293 g/mol. The van der Waals surface area contributed by atoms with Crippen molar-refractivity contribution < 1.29 is 9.50 Å². The molecule has 2 aromatic rings. The van der Waals surface area contributed by atoms with Crippen LogP contribution >= 0.6 is 0 Å². The number of benzene rings is 2. The maximum absolute atomic E-state index is 13.1. The number of hydrogen-bond donors (Lipinski definition) is 1. The van der Waals surface area contributed by atoms with E-state index < -0.39 is 0 Å². The molecule has 1 aliphatic rings. The largest absolute Gasteiger partial charge is 0.389 e. The van der Waals surface area contributed by atoms with Gasteiger partial charge in [0.15, 0.2) is 0 Å². The van der Waals surface area contributed by atoms with Crippen LogP contribution in [0.5, 0.6) is 0 Å². The molecule has 0 unspecified atom stereocenters. The second-order valence-electron chi connectivity index (χ2n) is 5.34. The van der Waals surface area contributed by atoms with Crippen LogP contribution < -0.4 is 0 Å². The molecule has 110 valence electrons. The predicted molar refractivity (Wildman–Crippen MR) is 85.4 cm³/mol. The third kappa shape index (κ3) is 3.19. The summed E-state index contributed by atoms with van der Waals surface area (Å²) in [4.78, 5) is 2.04. The third-order valence-corrected chi connectivity index (χ3v) is 3.64. The average molecular weight is 293 g/mol. The number of hydrogen-bond acceptors (Lipinski definition) is 2. The van der Waals surface area contributed by atoms with Crippen molar-refractivity contribution in [2.45, 2.75) is 6.10 Å².